The number of aromatic nitrogens is 2. The summed E-state index contributed by atoms with van der Waals surface area (Å²) in [6, 6.07) is 12.4. The summed E-state index contributed by atoms with van der Waals surface area (Å²) in [5.74, 6) is 0.996. The minimum atomic E-state index is -0.215. The van der Waals surface area contributed by atoms with Crippen molar-refractivity contribution in [2.75, 3.05) is 31.9 Å². The van der Waals surface area contributed by atoms with E-state index < -0.39 is 0 Å². The number of benzene rings is 2. The van der Waals surface area contributed by atoms with Gasteiger partial charge in [0.25, 0.3) is 5.56 Å². The van der Waals surface area contributed by atoms with E-state index in [1.165, 1.54) is 18.9 Å². The van der Waals surface area contributed by atoms with E-state index in [0.717, 1.165) is 12.8 Å². The van der Waals surface area contributed by atoms with E-state index >= 15 is 0 Å². The summed E-state index contributed by atoms with van der Waals surface area (Å²) in [6.07, 6.45) is 1.87. The van der Waals surface area contributed by atoms with E-state index in [2.05, 4.69) is 10.3 Å². The van der Waals surface area contributed by atoms with Gasteiger partial charge in [-0.15, -0.1) is 0 Å². The number of carbonyl (C=O) groups excluding carboxylic acids is 1. The predicted octanol–water partition coefficient (Wildman–Crippen LogP) is 3.32. The summed E-state index contributed by atoms with van der Waals surface area (Å²) < 4.78 is 17.9. The molecule has 4 rings (SSSR count). The number of fused-ring (bicyclic) bond motifs is 1. The van der Waals surface area contributed by atoms with Gasteiger partial charge in [0.2, 0.25) is 5.91 Å². The first-order chi connectivity index (χ1) is 15.6. The third kappa shape index (κ3) is 4.89. The highest BCUT2D eigenvalue weighted by atomic mass is 32.2. The van der Waals surface area contributed by atoms with Crippen LogP contribution >= 0.6 is 11.8 Å². The van der Waals surface area contributed by atoms with Gasteiger partial charge in [-0.3, -0.25) is 14.2 Å². The highest BCUT2D eigenvalue weighted by molar-refractivity contribution is 7.99. The van der Waals surface area contributed by atoms with Crippen LogP contribution < -0.4 is 20.3 Å². The second-order valence-electron chi connectivity index (χ2n) is 7.37. The van der Waals surface area contributed by atoms with Gasteiger partial charge in [-0.25, -0.2) is 4.98 Å². The summed E-state index contributed by atoms with van der Waals surface area (Å²) in [6.45, 7) is 1.13. The van der Waals surface area contributed by atoms with E-state index in [-0.39, 0.29) is 23.3 Å². The number of thioether (sulfide) groups is 1. The summed E-state index contributed by atoms with van der Waals surface area (Å²) in [5.41, 5.74) is 1.09. The standard InChI is InChI=1S/C23H25N3O5S/c1-29-19-10-9-15(12-20(19)30-2)24-21(27)14-32-23-25-18-8-4-3-7-17(18)22(28)26(23)13-16-6-5-11-31-16/h3-4,7-10,12,16H,5-6,11,13-14H2,1-2H3,(H,24,27). The molecule has 1 aliphatic rings. The first kappa shape index (κ1) is 22.2. The number of carbonyl (C=O) groups is 1. The van der Waals surface area contributed by atoms with Crippen molar-refractivity contribution in [1.29, 1.82) is 0 Å². The van der Waals surface area contributed by atoms with Crippen LogP contribution in [0.3, 0.4) is 0 Å². The Balaban J connectivity index is 1.53. The molecule has 1 amide bonds. The van der Waals surface area contributed by atoms with E-state index in [4.69, 9.17) is 14.2 Å². The molecule has 1 atom stereocenters. The molecule has 168 valence electrons. The number of methoxy groups -OCH3 is 2. The number of nitrogens with one attached hydrogen (secondary N) is 1. The van der Waals surface area contributed by atoms with E-state index in [9.17, 15) is 9.59 Å². The second kappa shape index (κ2) is 10.1. The molecule has 1 N–H and O–H groups in total. The van der Waals surface area contributed by atoms with Gasteiger partial charge in [0.05, 0.1) is 43.5 Å². The number of amides is 1. The molecule has 8 nitrogen and oxygen atoms in total. The quantitative estimate of drug-likeness (QED) is 0.411. The Morgan fingerprint density at radius 2 is 2.03 bits per heavy atom. The average Bonchev–Trinajstić information content (AvgIpc) is 3.33. The molecule has 3 aromatic rings. The van der Waals surface area contributed by atoms with E-state index in [0.29, 0.717) is 46.4 Å². The van der Waals surface area contributed by atoms with Crippen LogP contribution in [0.5, 0.6) is 11.5 Å². The SMILES string of the molecule is COc1ccc(NC(=O)CSc2nc3ccccc3c(=O)n2CC2CCCO2)cc1OC. The van der Waals surface area contributed by atoms with Crippen molar-refractivity contribution < 1.29 is 19.0 Å². The van der Waals surface area contributed by atoms with Crippen molar-refractivity contribution in [3.05, 3.63) is 52.8 Å². The maximum atomic E-state index is 13.1. The topological polar surface area (TPSA) is 91.7 Å². The zero-order valence-corrected chi connectivity index (χ0v) is 18.8. The van der Waals surface area contributed by atoms with Crippen LogP contribution in [0.25, 0.3) is 10.9 Å². The molecule has 0 saturated carbocycles. The molecule has 1 saturated heterocycles. The normalized spacial score (nSPS) is 15.6. The van der Waals surface area contributed by atoms with E-state index in [1.54, 1.807) is 42.0 Å². The lowest BCUT2D eigenvalue weighted by Crippen LogP contribution is -2.29. The van der Waals surface area contributed by atoms with Crippen molar-refractivity contribution in [3.63, 3.8) is 0 Å². The number of rotatable bonds is 8. The van der Waals surface area contributed by atoms with Crippen molar-refractivity contribution in [2.45, 2.75) is 30.6 Å². The molecule has 0 spiro atoms. The summed E-state index contributed by atoms with van der Waals surface area (Å²) in [7, 11) is 3.09. The van der Waals surface area contributed by atoms with Gasteiger partial charge < -0.3 is 19.5 Å². The predicted molar refractivity (Wildman–Crippen MR) is 124 cm³/mol. The van der Waals surface area contributed by atoms with Crippen molar-refractivity contribution in [3.8, 4) is 11.5 Å². The zero-order valence-electron chi connectivity index (χ0n) is 18.0. The minimum absolute atomic E-state index is 0.0180. The first-order valence-corrected chi connectivity index (χ1v) is 11.3. The molecule has 0 aliphatic carbocycles. The van der Waals surface area contributed by atoms with Crippen LogP contribution in [-0.2, 0) is 16.1 Å². The molecule has 32 heavy (non-hydrogen) atoms. The number of hydrogen-bond acceptors (Lipinski definition) is 7. The number of anilines is 1. The fourth-order valence-electron chi connectivity index (χ4n) is 3.65. The van der Waals surface area contributed by atoms with Crippen molar-refractivity contribution in [2.24, 2.45) is 0 Å². The van der Waals surface area contributed by atoms with Gasteiger partial charge >= 0.3 is 0 Å². The Bertz CT molecular complexity index is 1170. The minimum Gasteiger partial charge on any atom is -0.493 e. The monoisotopic (exact) mass is 455 g/mol. The molecule has 2 heterocycles. The molecule has 2 aromatic carbocycles. The maximum Gasteiger partial charge on any atom is 0.262 e. The largest absolute Gasteiger partial charge is 0.493 e. The highest BCUT2D eigenvalue weighted by Crippen LogP contribution is 2.30. The summed E-state index contributed by atoms with van der Waals surface area (Å²) in [5, 5.41) is 3.91. The second-order valence-corrected chi connectivity index (χ2v) is 8.31. The Morgan fingerprint density at radius 1 is 1.22 bits per heavy atom. The number of nitrogens with zero attached hydrogens (tertiary/aromatic N) is 2. The number of para-hydroxylation sites is 1. The lowest BCUT2D eigenvalue weighted by Gasteiger charge is -2.16. The van der Waals surface area contributed by atoms with Crippen LogP contribution in [0.4, 0.5) is 5.69 Å². The third-order valence-corrected chi connectivity index (χ3v) is 6.21. The zero-order chi connectivity index (χ0) is 22.5. The Morgan fingerprint density at radius 3 is 2.78 bits per heavy atom. The maximum absolute atomic E-state index is 13.1. The lowest BCUT2D eigenvalue weighted by atomic mass is 10.2. The molecule has 1 unspecified atom stereocenters. The van der Waals surface area contributed by atoms with Crippen LogP contribution in [0.15, 0.2) is 52.4 Å². The molecule has 1 fully saturated rings. The van der Waals surface area contributed by atoms with Gasteiger partial charge in [0, 0.05) is 18.4 Å². The first-order valence-electron chi connectivity index (χ1n) is 10.3. The molecule has 1 aliphatic heterocycles. The molecule has 1 aromatic heterocycles. The third-order valence-electron chi connectivity index (χ3n) is 5.24. The van der Waals surface area contributed by atoms with E-state index in [1.807, 2.05) is 12.1 Å². The number of ether oxygens (including phenoxy) is 3. The number of hydrogen-bond donors (Lipinski definition) is 1. The molecule has 9 heteroatoms. The summed E-state index contributed by atoms with van der Waals surface area (Å²) in [4.78, 5) is 30.4. The Hall–Kier alpha value is -3.04. The highest BCUT2D eigenvalue weighted by Gasteiger charge is 2.20. The molecular weight excluding hydrogens is 430 g/mol. The van der Waals surface area contributed by atoms with Gasteiger partial charge in [0.1, 0.15) is 0 Å². The lowest BCUT2D eigenvalue weighted by molar-refractivity contribution is -0.113. The van der Waals surface area contributed by atoms with Crippen molar-refractivity contribution >= 4 is 34.3 Å². The summed E-state index contributed by atoms with van der Waals surface area (Å²) >= 11 is 1.23. The molecular formula is C23H25N3O5S. The fourth-order valence-corrected chi connectivity index (χ4v) is 4.46. The van der Waals surface area contributed by atoms with Gasteiger partial charge in [-0.05, 0) is 37.1 Å². The molecule has 0 radical (unpaired) electrons. The Labute approximate surface area is 189 Å². The van der Waals surface area contributed by atoms with Gasteiger partial charge in [-0.1, -0.05) is 23.9 Å². The fraction of sp³-hybridized carbons (Fsp3) is 0.348. The molecule has 0 bridgehead atoms. The van der Waals surface area contributed by atoms with Crippen LogP contribution in [0.2, 0.25) is 0 Å². The average molecular weight is 456 g/mol. The van der Waals surface area contributed by atoms with Crippen LogP contribution in [-0.4, -0.2) is 48.1 Å². The van der Waals surface area contributed by atoms with Gasteiger partial charge in [-0.2, -0.15) is 0 Å². The Kier molecular flexibility index (Phi) is 6.96. The van der Waals surface area contributed by atoms with Gasteiger partial charge in [0.15, 0.2) is 16.7 Å². The van der Waals surface area contributed by atoms with Crippen molar-refractivity contribution in [1.82, 2.24) is 9.55 Å². The van der Waals surface area contributed by atoms with Crippen LogP contribution in [0, 0.1) is 0 Å². The smallest absolute Gasteiger partial charge is 0.262 e. The van der Waals surface area contributed by atoms with Crippen LogP contribution in [0.1, 0.15) is 12.8 Å².